The van der Waals surface area contributed by atoms with Gasteiger partial charge in [-0.3, -0.25) is 4.79 Å². The van der Waals surface area contributed by atoms with Gasteiger partial charge in [0.05, 0.1) is 12.2 Å². The molecule has 2 N–H and O–H groups in total. The molecule has 5 heterocycles. The molecule has 1 saturated carbocycles. The molecule has 3 aliphatic rings. The SMILES string of the molecule is C=CCn1c(=O)c2cnc(Nc3ccc(N4CCC5(CCN(C)CC5)CC4)cc3)nc2n1-c1cccc(C2(O)CC(F)(F)C2)n1. The maximum atomic E-state index is 13.7. The van der Waals surface area contributed by atoms with E-state index in [2.05, 4.69) is 55.8 Å². The molecular weight excluding hydrogens is 578 g/mol. The quantitative estimate of drug-likeness (QED) is 0.285. The van der Waals surface area contributed by atoms with Crippen molar-refractivity contribution in [2.45, 2.75) is 56.6 Å². The first kappa shape index (κ1) is 29.5. The number of aliphatic hydroxyl groups is 1. The number of hydrogen-bond acceptors (Lipinski definition) is 8. The van der Waals surface area contributed by atoms with Gasteiger partial charge in [-0.2, -0.15) is 4.98 Å². The number of benzene rings is 1. The van der Waals surface area contributed by atoms with Crippen LogP contribution in [0.2, 0.25) is 0 Å². The molecule has 2 saturated heterocycles. The molecule has 4 aromatic rings. The third-order valence-electron chi connectivity index (χ3n) is 9.87. The minimum absolute atomic E-state index is 0.119. The number of halogens is 2. The summed E-state index contributed by atoms with van der Waals surface area (Å²) in [6, 6.07) is 13.0. The molecule has 1 spiro atoms. The Kier molecular flexibility index (Phi) is 7.24. The van der Waals surface area contributed by atoms with Crippen molar-refractivity contribution < 1.29 is 13.9 Å². The predicted octanol–water partition coefficient (Wildman–Crippen LogP) is 4.84. The molecule has 0 unspecified atom stereocenters. The Morgan fingerprint density at radius 2 is 1.69 bits per heavy atom. The van der Waals surface area contributed by atoms with Crippen LogP contribution in [0.15, 0.2) is 66.1 Å². The summed E-state index contributed by atoms with van der Waals surface area (Å²) in [5.41, 5.74) is 0.819. The smallest absolute Gasteiger partial charge is 0.278 e. The van der Waals surface area contributed by atoms with Crippen LogP contribution in [0.3, 0.4) is 0 Å². The Balaban J connectivity index is 1.13. The highest BCUT2D eigenvalue weighted by Crippen LogP contribution is 2.51. The summed E-state index contributed by atoms with van der Waals surface area (Å²) < 4.78 is 30.3. The molecule has 0 atom stereocenters. The van der Waals surface area contributed by atoms with Crippen LogP contribution in [0.4, 0.5) is 26.1 Å². The minimum atomic E-state index is -2.94. The molecule has 3 aromatic heterocycles. The van der Waals surface area contributed by atoms with Crippen molar-refractivity contribution in [3.05, 3.63) is 77.4 Å². The van der Waals surface area contributed by atoms with Crippen LogP contribution in [0.1, 0.15) is 44.2 Å². The molecule has 1 aromatic carbocycles. The Labute approximate surface area is 260 Å². The van der Waals surface area contributed by atoms with Crippen LogP contribution in [-0.2, 0) is 12.1 Å². The van der Waals surface area contributed by atoms with E-state index in [4.69, 9.17) is 0 Å². The molecule has 3 fully saturated rings. The van der Waals surface area contributed by atoms with Crippen molar-refractivity contribution in [3.63, 3.8) is 0 Å². The zero-order valence-electron chi connectivity index (χ0n) is 25.4. The zero-order chi connectivity index (χ0) is 31.4. The van der Waals surface area contributed by atoms with Crippen molar-refractivity contribution in [2.24, 2.45) is 5.41 Å². The first-order valence-electron chi connectivity index (χ1n) is 15.6. The van der Waals surface area contributed by atoms with E-state index in [1.807, 2.05) is 12.1 Å². The Hall–Kier alpha value is -4.16. The van der Waals surface area contributed by atoms with Crippen LogP contribution in [0.25, 0.3) is 16.9 Å². The van der Waals surface area contributed by atoms with Crippen molar-refractivity contribution in [3.8, 4) is 5.82 Å². The van der Waals surface area contributed by atoms with Gasteiger partial charge in [0, 0.05) is 43.5 Å². The Morgan fingerprint density at radius 3 is 2.36 bits per heavy atom. The van der Waals surface area contributed by atoms with E-state index < -0.39 is 24.4 Å². The molecule has 10 nitrogen and oxygen atoms in total. The topological polar surface area (TPSA) is 104 Å². The van der Waals surface area contributed by atoms with E-state index >= 15 is 0 Å². The number of anilines is 3. The lowest BCUT2D eigenvalue weighted by Crippen LogP contribution is -2.49. The summed E-state index contributed by atoms with van der Waals surface area (Å²) in [6.07, 6.45) is 6.67. The number of aromatic nitrogens is 5. The van der Waals surface area contributed by atoms with Gasteiger partial charge >= 0.3 is 0 Å². The van der Waals surface area contributed by atoms with Gasteiger partial charge in [0.2, 0.25) is 5.95 Å². The fourth-order valence-corrected chi connectivity index (χ4v) is 7.11. The fraction of sp³-hybridized carbons (Fsp3) is 0.455. The zero-order valence-corrected chi connectivity index (χ0v) is 25.4. The van der Waals surface area contributed by atoms with Gasteiger partial charge in [-0.15, -0.1) is 6.58 Å². The molecule has 12 heteroatoms. The van der Waals surface area contributed by atoms with Crippen LogP contribution < -0.4 is 15.8 Å². The second kappa shape index (κ2) is 11.0. The largest absolute Gasteiger partial charge is 0.383 e. The molecule has 7 rings (SSSR count). The van der Waals surface area contributed by atoms with E-state index in [1.165, 1.54) is 66.1 Å². The third kappa shape index (κ3) is 5.50. The lowest BCUT2D eigenvalue weighted by atomic mass is 9.71. The fourth-order valence-electron chi connectivity index (χ4n) is 7.11. The normalized spacial score (nSPS) is 20.7. The molecule has 2 aliphatic heterocycles. The highest BCUT2D eigenvalue weighted by molar-refractivity contribution is 5.77. The first-order valence-corrected chi connectivity index (χ1v) is 15.6. The average molecular weight is 617 g/mol. The van der Waals surface area contributed by atoms with Crippen LogP contribution in [-0.4, -0.2) is 73.5 Å². The Morgan fingerprint density at radius 1 is 1.00 bits per heavy atom. The van der Waals surface area contributed by atoms with E-state index in [0.717, 1.165) is 18.8 Å². The van der Waals surface area contributed by atoms with Gasteiger partial charge in [-0.05, 0) is 87.6 Å². The minimum Gasteiger partial charge on any atom is -0.383 e. The number of allylic oxidation sites excluding steroid dienone is 1. The number of rotatable bonds is 7. The summed E-state index contributed by atoms with van der Waals surface area (Å²) in [5.74, 6) is -2.38. The van der Waals surface area contributed by atoms with Gasteiger partial charge < -0.3 is 20.2 Å². The van der Waals surface area contributed by atoms with Gasteiger partial charge in [0.15, 0.2) is 11.5 Å². The van der Waals surface area contributed by atoms with Gasteiger partial charge in [-0.25, -0.2) is 28.1 Å². The van der Waals surface area contributed by atoms with Crippen molar-refractivity contribution in [1.29, 1.82) is 0 Å². The second-order valence-corrected chi connectivity index (χ2v) is 13.0. The number of pyridine rings is 1. The molecule has 0 bridgehead atoms. The number of piperidine rings is 2. The number of nitrogens with zero attached hydrogens (tertiary/aromatic N) is 7. The maximum Gasteiger partial charge on any atom is 0.278 e. The predicted molar refractivity (Wildman–Crippen MR) is 170 cm³/mol. The van der Waals surface area contributed by atoms with Gasteiger partial charge in [-0.1, -0.05) is 12.1 Å². The lowest BCUT2D eigenvalue weighted by molar-refractivity contribution is -0.212. The maximum absolute atomic E-state index is 13.7. The van der Waals surface area contributed by atoms with Crippen molar-refractivity contribution in [2.75, 3.05) is 43.4 Å². The van der Waals surface area contributed by atoms with Crippen molar-refractivity contribution >= 4 is 28.4 Å². The summed E-state index contributed by atoms with van der Waals surface area (Å²) in [6.45, 7) is 8.42. The van der Waals surface area contributed by atoms with Crippen LogP contribution >= 0.6 is 0 Å². The molecular formula is C33H38F2N8O2. The summed E-state index contributed by atoms with van der Waals surface area (Å²) >= 11 is 0. The number of hydrogen-bond donors (Lipinski definition) is 2. The van der Waals surface area contributed by atoms with Crippen LogP contribution in [0.5, 0.6) is 0 Å². The summed E-state index contributed by atoms with van der Waals surface area (Å²) in [4.78, 5) is 31.8. The summed E-state index contributed by atoms with van der Waals surface area (Å²) in [7, 11) is 2.21. The molecule has 0 radical (unpaired) electrons. The van der Waals surface area contributed by atoms with E-state index in [-0.39, 0.29) is 35.0 Å². The van der Waals surface area contributed by atoms with Crippen LogP contribution in [0, 0.1) is 5.41 Å². The van der Waals surface area contributed by atoms with Gasteiger partial charge in [0.25, 0.3) is 11.5 Å². The number of alkyl halides is 2. The van der Waals surface area contributed by atoms with E-state index in [1.54, 1.807) is 18.2 Å². The second-order valence-electron chi connectivity index (χ2n) is 13.0. The monoisotopic (exact) mass is 616 g/mol. The lowest BCUT2D eigenvalue weighted by Gasteiger charge is -2.46. The first-order chi connectivity index (χ1) is 21.6. The highest BCUT2D eigenvalue weighted by atomic mass is 19.3. The number of likely N-dealkylation sites (tertiary alicyclic amines) is 1. The molecule has 0 amide bonds. The van der Waals surface area contributed by atoms with E-state index in [0.29, 0.717) is 11.1 Å². The van der Waals surface area contributed by atoms with E-state index in [9.17, 15) is 18.7 Å². The third-order valence-corrected chi connectivity index (χ3v) is 9.87. The molecule has 236 valence electrons. The average Bonchev–Trinajstić information content (AvgIpc) is 3.29. The number of nitrogens with one attached hydrogen (secondary N) is 1. The standard InChI is InChI=1S/C33H38F2N8O2/c1-3-15-42-29(44)25-20-36-30(39-28(25)43(42)27-6-4-5-26(38-27)32(45)21-33(34,35)22-32)37-23-7-9-24(10-8-23)41-18-13-31(14-19-41)11-16-40(2)17-12-31/h3-10,20,45H,1,11-19,21-22H2,2H3,(H,36,37,39). The molecule has 45 heavy (non-hydrogen) atoms. The highest BCUT2D eigenvalue weighted by Gasteiger charge is 2.57. The number of fused-ring (bicyclic) bond motifs is 1. The molecule has 1 aliphatic carbocycles. The van der Waals surface area contributed by atoms with Crippen molar-refractivity contribution in [1.82, 2.24) is 29.2 Å². The van der Waals surface area contributed by atoms with Gasteiger partial charge in [0.1, 0.15) is 11.0 Å². The summed E-state index contributed by atoms with van der Waals surface area (Å²) in [5, 5.41) is 14.3. The Bertz CT molecular complexity index is 1770.